The van der Waals surface area contributed by atoms with Crippen LogP contribution in [0.3, 0.4) is 0 Å². The van der Waals surface area contributed by atoms with Gasteiger partial charge in [0.15, 0.2) is 16.9 Å². The Morgan fingerprint density at radius 1 is 1.24 bits per heavy atom. The number of amidine groups is 1. The highest BCUT2D eigenvalue weighted by Gasteiger charge is 2.09. The molecule has 0 saturated carbocycles. The Hall–Kier alpha value is -2.98. The lowest BCUT2D eigenvalue weighted by Crippen LogP contribution is -2.12. The van der Waals surface area contributed by atoms with Gasteiger partial charge in [-0.25, -0.2) is 9.98 Å². The Kier molecular flexibility index (Phi) is 4.91. The minimum absolute atomic E-state index is 0.532. The average molecular weight is 351 g/mol. The predicted octanol–water partition coefficient (Wildman–Crippen LogP) is 3.98. The zero-order valence-electron chi connectivity index (χ0n) is 14.1. The molecule has 6 nitrogen and oxygen atoms in total. The molecule has 0 saturated heterocycles. The van der Waals surface area contributed by atoms with Crippen molar-refractivity contribution in [1.29, 1.82) is 5.26 Å². The predicted molar refractivity (Wildman–Crippen MR) is 103 cm³/mol. The highest BCUT2D eigenvalue weighted by Crippen LogP contribution is 2.28. The summed E-state index contributed by atoms with van der Waals surface area (Å²) in [6, 6.07) is 13.5. The van der Waals surface area contributed by atoms with Crippen molar-refractivity contribution < 1.29 is 4.42 Å². The number of oxazole rings is 1. The zero-order chi connectivity index (χ0) is 17.8. The molecule has 0 aliphatic heterocycles. The standard InChI is InChI=1S/C18H17N5OS/c1-23(2)14-7-4-12(5-8-14)17-22-15-10-13(6-9-16(15)24-17)21-18(25-3)20-11-19/h4-10H,1-3H3,(H,20,21). The van der Waals surface area contributed by atoms with Crippen molar-refractivity contribution in [2.24, 2.45) is 4.99 Å². The van der Waals surface area contributed by atoms with Crippen LogP contribution in [-0.4, -0.2) is 30.5 Å². The number of fused-ring (bicyclic) bond motifs is 1. The normalized spacial score (nSPS) is 11.4. The van der Waals surface area contributed by atoms with Crippen LogP contribution < -0.4 is 10.2 Å². The highest BCUT2D eigenvalue weighted by molar-refractivity contribution is 8.13. The van der Waals surface area contributed by atoms with Crippen LogP contribution in [0.5, 0.6) is 0 Å². The van der Waals surface area contributed by atoms with Crippen LogP contribution in [0, 0.1) is 11.5 Å². The molecule has 3 rings (SSSR count). The maximum Gasteiger partial charge on any atom is 0.227 e. The van der Waals surface area contributed by atoms with Gasteiger partial charge in [0.25, 0.3) is 0 Å². The summed E-state index contributed by atoms with van der Waals surface area (Å²) < 4.78 is 5.84. The molecular formula is C18H17N5OS. The number of aliphatic imine (C=N–C) groups is 1. The summed E-state index contributed by atoms with van der Waals surface area (Å²) in [6.45, 7) is 0. The van der Waals surface area contributed by atoms with Crippen molar-refractivity contribution >= 4 is 39.4 Å². The van der Waals surface area contributed by atoms with Gasteiger partial charge >= 0.3 is 0 Å². The van der Waals surface area contributed by atoms with Crippen LogP contribution >= 0.6 is 11.8 Å². The lowest BCUT2D eigenvalue weighted by atomic mass is 10.2. The number of hydrogen-bond acceptors (Lipinski definition) is 6. The van der Waals surface area contributed by atoms with Crippen molar-refractivity contribution in [3.8, 4) is 17.6 Å². The SMILES string of the molecule is CSC(=Nc1ccc2oc(-c3ccc(N(C)C)cc3)nc2c1)NC#N. The van der Waals surface area contributed by atoms with E-state index in [4.69, 9.17) is 9.68 Å². The van der Waals surface area contributed by atoms with Crippen LogP contribution in [0.15, 0.2) is 51.9 Å². The van der Waals surface area contributed by atoms with Crippen LogP contribution in [0.4, 0.5) is 11.4 Å². The Morgan fingerprint density at radius 2 is 2.00 bits per heavy atom. The molecule has 126 valence electrons. The fourth-order valence-electron chi connectivity index (χ4n) is 2.30. The van der Waals surface area contributed by atoms with Gasteiger partial charge in [0.1, 0.15) is 5.52 Å². The molecular weight excluding hydrogens is 334 g/mol. The number of nitrogens with zero attached hydrogens (tertiary/aromatic N) is 4. The number of thioether (sulfide) groups is 1. The molecule has 25 heavy (non-hydrogen) atoms. The van der Waals surface area contributed by atoms with E-state index in [-0.39, 0.29) is 0 Å². The second-order valence-corrected chi connectivity index (χ2v) is 6.27. The fraction of sp³-hybridized carbons (Fsp3) is 0.167. The third-order valence-corrected chi connectivity index (χ3v) is 4.17. The summed E-state index contributed by atoms with van der Waals surface area (Å²) in [6.07, 6.45) is 3.73. The molecule has 0 spiro atoms. The number of rotatable bonds is 3. The molecule has 0 amide bonds. The smallest absolute Gasteiger partial charge is 0.227 e. The molecule has 0 aliphatic carbocycles. The minimum atomic E-state index is 0.532. The Balaban J connectivity index is 1.94. The Labute approximate surface area is 150 Å². The van der Waals surface area contributed by atoms with Crippen LogP contribution in [0.1, 0.15) is 0 Å². The van der Waals surface area contributed by atoms with Gasteiger partial charge in [-0.2, -0.15) is 5.26 Å². The van der Waals surface area contributed by atoms with Crippen LogP contribution in [0.2, 0.25) is 0 Å². The van der Waals surface area contributed by atoms with E-state index < -0.39 is 0 Å². The summed E-state index contributed by atoms with van der Waals surface area (Å²) in [7, 11) is 4.00. The summed E-state index contributed by atoms with van der Waals surface area (Å²) in [5, 5.41) is 11.8. The summed E-state index contributed by atoms with van der Waals surface area (Å²) in [5.41, 5.74) is 4.17. The van der Waals surface area contributed by atoms with E-state index >= 15 is 0 Å². The average Bonchev–Trinajstić information content (AvgIpc) is 3.04. The minimum Gasteiger partial charge on any atom is -0.436 e. The summed E-state index contributed by atoms with van der Waals surface area (Å²) >= 11 is 1.37. The molecule has 1 N–H and O–H groups in total. The van der Waals surface area contributed by atoms with E-state index in [1.807, 2.05) is 73.9 Å². The molecule has 0 bridgehead atoms. The van der Waals surface area contributed by atoms with Gasteiger partial charge < -0.3 is 9.32 Å². The topological polar surface area (TPSA) is 77.5 Å². The van der Waals surface area contributed by atoms with Crippen molar-refractivity contribution in [3.05, 3.63) is 42.5 Å². The van der Waals surface area contributed by atoms with Crippen LogP contribution in [-0.2, 0) is 0 Å². The zero-order valence-corrected chi connectivity index (χ0v) is 15.0. The van der Waals surface area contributed by atoms with Gasteiger partial charge in [0.05, 0.1) is 5.69 Å². The number of benzene rings is 2. The Bertz CT molecular complexity index is 954. The second kappa shape index (κ2) is 7.28. The third-order valence-electron chi connectivity index (χ3n) is 3.59. The van der Waals surface area contributed by atoms with E-state index in [0.717, 1.165) is 16.8 Å². The maximum absolute atomic E-state index is 8.72. The van der Waals surface area contributed by atoms with E-state index in [0.29, 0.717) is 22.3 Å². The number of nitriles is 1. The molecule has 1 aromatic heterocycles. The first-order valence-corrected chi connectivity index (χ1v) is 8.79. The maximum atomic E-state index is 8.72. The molecule has 0 radical (unpaired) electrons. The first-order chi connectivity index (χ1) is 12.1. The molecule has 1 heterocycles. The van der Waals surface area contributed by atoms with E-state index in [1.165, 1.54) is 11.8 Å². The highest BCUT2D eigenvalue weighted by atomic mass is 32.2. The van der Waals surface area contributed by atoms with E-state index in [1.54, 1.807) is 0 Å². The molecule has 2 aromatic carbocycles. The summed E-state index contributed by atoms with van der Waals surface area (Å²) in [4.78, 5) is 11.0. The van der Waals surface area contributed by atoms with Crippen molar-refractivity contribution in [1.82, 2.24) is 10.3 Å². The third kappa shape index (κ3) is 3.75. The van der Waals surface area contributed by atoms with Crippen molar-refractivity contribution in [2.75, 3.05) is 25.3 Å². The van der Waals surface area contributed by atoms with Crippen molar-refractivity contribution in [3.63, 3.8) is 0 Å². The molecule has 0 fully saturated rings. The number of hydrogen-bond donors (Lipinski definition) is 1. The van der Waals surface area contributed by atoms with Gasteiger partial charge in [0, 0.05) is 25.3 Å². The van der Waals surface area contributed by atoms with E-state index in [2.05, 4.69) is 15.3 Å². The fourth-order valence-corrected chi connectivity index (χ4v) is 2.65. The number of nitrogens with one attached hydrogen (secondary N) is 1. The van der Waals surface area contributed by atoms with E-state index in [9.17, 15) is 0 Å². The first-order valence-electron chi connectivity index (χ1n) is 7.57. The molecule has 7 heteroatoms. The lowest BCUT2D eigenvalue weighted by molar-refractivity contribution is 0.620. The largest absolute Gasteiger partial charge is 0.436 e. The van der Waals surface area contributed by atoms with Crippen molar-refractivity contribution in [2.45, 2.75) is 0 Å². The number of aromatic nitrogens is 1. The first kappa shape index (κ1) is 16.9. The molecule has 0 aliphatic rings. The lowest BCUT2D eigenvalue weighted by Gasteiger charge is -2.11. The van der Waals surface area contributed by atoms with Gasteiger partial charge in [-0.3, -0.25) is 5.32 Å². The second-order valence-electron chi connectivity index (χ2n) is 5.47. The summed E-state index contributed by atoms with van der Waals surface area (Å²) in [5.74, 6) is 0.571. The Morgan fingerprint density at radius 3 is 2.64 bits per heavy atom. The quantitative estimate of drug-likeness (QED) is 0.333. The number of anilines is 1. The van der Waals surface area contributed by atoms with Gasteiger partial charge in [-0.1, -0.05) is 11.8 Å². The van der Waals surface area contributed by atoms with Gasteiger partial charge in [-0.15, -0.1) is 0 Å². The monoisotopic (exact) mass is 351 g/mol. The van der Waals surface area contributed by atoms with Crippen LogP contribution in [0.25, 0.3) is 22.6 Å². The van der Waals surface area contributed by atoms with Gasteiger partial charge in [0.2, 0.25) is 5.89 Å². The molecule has 3 aromatic rings. The van der Waals surface area contributed by atoms with Gasteiger partial charge in [-0.05, 0) is 48.7 Å². The molecule has 0 unspecified atom stereocenters. The molecule has 0 atom stereocenters.